The SMILES string of the molecule is CCc1nc(CCO)c(C)s1. The molecule has 0 aliphatic carbocycles. The molecule has 1 aromatic heterocycles. The van der Waals surface area contributed by atoms with Crippen LogP contribution < -0.4 is 0 Å². The number of rotatable bonds is 3. The number of thiazole rings is 1. The average Bonchev–Trinajstić information content (AvgIpc) is 2.33. The van der Waals surface area contributed by atoms with Crippen molar-refractivity contribution >= 4 is 11.3 Å². The van der Waals surface area contributed by atoms with Crippen LogP contribution >= 0.6 is 11.3 Å². The molecule has 0 saturated carbocycles. The summed E-state index contributed by atoms with van der Waals surface area (Å²) in [5.41, 5.74) is 1.06. The van der Waals surface area contributed by atoms with Crippen molar-refractivity contribution in [2.45, 2.75) is 26.7 Å². The predicted molar refractivity (Wildman–Crippen MR) is 47.0 cm³/mol. The summed E-state index contributed by atoms with van der Waals surface area (Å²) in [4.78, 5) is 5.62. The maximum absolute atomic E-state index is 8.69. The fourth-order valence-electron chi connectivity index (χ4n) is 0.977. The summed E-state index contributed by atoms with van der Waals surface area (Å²) in [6, 6.07) is 0. The van der Waals surface area contributed by atoms with Gasteiger partial charge in [-0.25, -0.2) is 4.98 Å². The zero-order valence-electron chi connectivity index (χ0n) is 6.92. The van der Waals surface area contributed by atoms with E-state index in [1.807, 2.05) is 0 Å². The van der Waals surface area contributed by atoms with Crippen molar-refractivity contribution in [3.63, 3.8) is 0 Å². The van der Waals surface area contributed by atoms with E-state index in [1.54, 1.807) is 11.3 Å². The van der Waals surface area contributed by atoms with Crippen molar-refractivity contribution in [1.82, 2.24) is 4.98 Å². The monoisotopic (exact) mass is 171 g/mol. The molecule has 1 N–H and O–H groups in total. The minimum Gasteiger partial charge on any atom is -0.396 e. The second-order valence-corrected chi connectivity index (χ2v) is 3.73. The molecule has 62 valence electrons. The largest absolute Gasteiger partial charge is 0.396 e. The Labute approximate surface area is 70.9 Å². The molecule has 0 radical (unpaired) electrons. The van der Waals surface area contributed by atoms with E-state index in [1.165, 1.54) is 9.88 Å². The highest BCUT2D eigenvalue weighted by molar-refractivity contribution is 7.11. The topological polar surface area (TPSA) is 33.1 Å². The Bertz CT molecular complexity index is 232. The zero-order chi connectivity index (χ0) is 8.27. The van der Waals surface area contributed by atoms with Crippen LogP contribution in [-0.2, 0) is 12.8 Å². The van der Waals surface area contributed by atoms with Crippen LogP contribution in [0.5, 0.6) is 0 Å². The van der Waals surface area contributed by atoms with E-state index in [4.69, 9.17) is 5.11 Å². The van der Waals surface area contributed by atoms with Crippen molar-refractivity contribution in [1.29, 1.82) is 0 Å². The number of hydrogen-bond donors (Lipinski definition) is 1. The molecule has 0 spiro atoms. The number of aliphatic hydroxyl groups excluding tert-OH is 1. The lowest BCUT2D eigenvalue weighted by Crippen LogP contribution is -1.92. The molecule has 1 heterocycles. The third kappa shape index (κ3) is 2.01. The Kier molecular flexibility index (Phi) is 3.02. The van der Waals surface area contributed by atoms with Crippen LogP contribution in [0.3, 0.4) is 0 Å². The summed E-state index contributed by atoms with van der Waals surface area (Å²) in [5.74, 6) is 0. The first-order valence-corrected chi connectivity index (χ1v) is 4.65. The van der Waals surface area contributed by atoms with Gasteiger partial charge in [-0.05, 0) is 13.3 Å². The molecule has 0 fully saturated rings. The fraction of sp³-hybridized carbons (Fsp3) is 0.625. The fourth-order valence-corrected chi connectivity index (χ4v) is 1.90. The Balaban J connectivity index is 2.79. The van der Waals surface area contributed by atoms with E-state index in [0.717, 1.165) is 12.1 Å². The molecule has 3 heteroatoms. The Morgan fingerprint density at radius 3 is 2.73 bits per heavy atom. The molecule has 11 heavy (non-hydrogen) atoms. The number of aryl methyl sites for hydroxylation is 2. The Morgan fingerprint density at radius 2 is 2.27 bits per heavy atom. The Morgan fingerprint density at radius 1 is 1.55 bits per heavy atom. The number of nitrogens with zero attached hydrogens (tertiary/aromatic N) is 1. The zero-order valence-corrected chi connectivity index (χ0v) is 7.74. The van der Waals surface area contributed by atoms with E-state index in [-0.39, 0.29) is 6.61 Å². The summed E-state index contributed by atoms with van der Waals surface area (Å²) >= 11 is 1.73. The second-order valence-electron chi connectivity index (χ2n) is 2.44. The van der Waals surface area contributed by atoms with Gasteiger partial charge >= 0.3 is 0 Å². The minimum absolute atomic E-state index is 0.202. The van der Waals surface area contributed by atoms with Crippen molar-refractivity contribution in [3.05, 3.63) is 15.6 Å². The summed E-state index contributed by atoms with van der Waals surface area (Å²) in [6.45, 7) is 4.36. The molecule has 0 unspecified atom stereocenters. The van der Waals surface area contributed by atoms with Gasteiger partial charge < -0.3 is 5.11 Å². The first-order valence-electron chi connectivity index (χ1n) is 3.84. The molecule has 1 rings (SSSR count). The summed E-state index contributed by atoms with van der Waals surface area (Å²) in [7, 11) is 0. The lowest BCUT2D eigenvalue weighted by atomic mass is 10.3. The lowest BCUT2D eigenvalue weighted by Gasteiger charge is -1.90. The smallest absolute Gasteiger partial charge is 0.0928 e. The van der Waals surface area contributed by atoms with Gasteiger partial charge in [0.1, 0.15) is 0 Å². The van der Waals surface area contributed by atoms with E-state index in [0.29, 0.717) is 6.42 Å². The second kappa shape index (κ2) is 3.83. The van der Waals surface area contributed by atoms with Crippen LogP contribution in [-0.4, -0.2) is 16.7 Å². The van der Waals surface area contributed by atoms with E-state index in [2.05, 4.69) is 18.8 Å². The van der Waals surface area contributed by atoms with Gasteiger partial charge in [-0.1, -0.05) is 6.92 Å². The van der Waals surface area contributed by atoms with Crippen molar-refractivity contribution in [2.24, 2.45) is 0 Å². The maximum atomic E-state index is 8.69. The van der Waals surface area contributed by atoms with Crippen LogP contribution in [0.1, 0.15) is 22.5 Å². The van der Waals surface area contributed by atoms with Gasteiger partial charge in [0.05, 0.1) is 10.7 Å². The maximum Gasteiger partial charge on any atom is 0.0928 e. The molecule has 0 aliphatic rings. The van der Waals surface area contributed by atoms with Gasteiger partial charge in [0.2, 0.25) is 0 Å². The number of aromatic nitrogens is 1. The normalized spacial score (nSPS) is 10.5. The highest BCUT2D eigenvalue weighted by Crippen LogP contribution is 2.17. The minimum atomic E-state index is 0.202. The van der Waals surface area contributed by atoms with Gasteiger partial charge in [-0.15, -0.1) is 11.3 Å². The highest BCUT2D eigenvalue weighted by atomic mass is 32.1. The van der Waals surface area contributed by atoms with Crippen LogP contribution in [0, 0.1) is 6.92 Å². The summed E-state index contributed by atoms with van der Waals surface area (Å²) in [5, 5.41) is 9.86. The van der Waals surface area contributed by atoms with Gasteiger partial charge in [0.25, 0.3) is 0 Å². The Hall–Kier alpha value is -0.410. The first-order chi connectivity index (χ1) is 5.27. The highest BCUT2D eigenvalue weighted by Gasteiger charge is 2.04. The molecular weight excluding hydrogens is 158 g/mol. The van der Waals surface area contributed by atoms with E-state index >= 15 is 0 Å². The lowest BCUT2D eigenvalue weighted by molar-refractivity contribution is 0.298. The van der Waals surface area contributed by atoms with Gasteiger partial charge in [-0.2, -0.15) is 0 Å². The summed E-state index contributed by atoms with van der Waals surface area (Å²) < 4.78 is 0. The number of hydrogen-bond acceptors (Lipinski definition) is 3. The van der Waals surface area contributed by atoms with Crippen LogP contribution in [0.4, 0.5) is 0 Å². The molecule has 0 saturated heterocycles. The molecule has 0 atom stereocenters. The van der Waals surface area contributed by atoms with Crippen LogP contribution in [0.2, 0.25) is 0 Å². The van der Waals surface area contributed by atoms with E-state index in [9.17, 15) is 0 Å². The molecule has 0 aromatic carbocycles. The van der Waals surface area contributed by atoms with Gasteiger partial charge in [-0.3, -0.25) is 0 Å². The average molecular weight is 171 g/mol. The predicted octanol–water partition coefficient (Wildman–Crippen LogP) is 1.55. The molecule has 0 aliphatic heterocycles. The van der Waals surface area contributed by atoms with Gasteiger partial charge in [0, 0.05) is 17.9 Å². The summed E-state index contributed by atoms with van der Waals surface area (Å²) in [6.07, 6.45) is 1.69. The first kappa shape index (κ1) is 8.68. The third-order valence-corrected chi connectivity index (χ3v) is 2.75. The van der Waals surface area contributed by atoms with Crippen LogP contribution in [0.25, 0.3) is 0 Å². The van der Waals surface area contributed by atoms with Crippen molar-refractivity contribution in [3.8, 4) is 0 Å². The van der Waals surface area contributed by atoms with Crippen molar-refractivity contribution < 1.29 is 5.11 Å². The third-order valence-electron chi connectivity index (χ3n) is 1.59. The standard InChI is InChI=1S/C8H13NOS/c1-3-8-9-7(4-5-10)6(2)11-8/h10H,3-5H2,1-2H3. The molecule has 0 bridgehead atoms. The molecular formula is C8H13NOS. The molecule has 0 amide bonds. The quantitative estimate of drug-likeness (QED) is 0.748. The van der Waals surface area contributed by atoms with Crippen molar-refractivity contribution in [2.75, 3.05) is 6.61 Å². The van der Waals surface area contributed by atoms with E-state index < -0.39 is 0 Å². The molecule has 1 aromatic rings. The van der Waals surface area contributed by atoms with Crippen LogP contribution in [0.15, 0.2) is 0 Å². The molecule has 2 nitrogen and oxygen atoms in total. The number of aliphatic hydroxyl groups is 1. The van der Waals surface area contributed by atoms with Gasteiger partial charge in [0.15, 0.2) is 0 Å².